The van der Waals surface area contributed by atoms with Gasteiger partial charge < -0.3 is 4.74 Å². The Bertz CT molecular complexity index is 606. The van der Waals surface area contributed by atoms with E-state index in [9.17, 15) is 0 Å². The van der Waals surface area contributed by atoms with Gasteiger partial charge in [-0.05, 0) is 61.3 Å². The summed E-state index contributed by atoms with van der Waals surface area (Å²) in [6.45, 7) is 7.07. The van der Waals surface area contributed by atoms with Crippen LogP contribution in [0.1, 0.15) is 46.5 Å². The van der Waals surface area contributed by atoms with Crippen molar-refractivity contribution in [2.45, 2.75) is 52.6 Å². The van der Waals surface area contributed by atoms with Crippen molar-refractivity contribution in [3.8, 4) is 5.75 Å². The highest BCUT2D eigenvalue weighted by Crippen LogP contribution is 2.38. The zero-order valence-electron chi connectivity index (χ0n) is 13.3. The van der Waals surface area contributed by atoms with Gasteiger partial charge in [0.1, 0.15) is 5.75 Å². The minimum absolute atomic E-state index is 0.373. The highest BCUT2D eigenvalue weighted by atomic mass is 16.5. The Labute approximate surface area is 127 Å². The minimum Gasteiger partial charge on any atom is -0.490 e. The van der Waals surface area contributed by atoms with E-state index in [0.717, 1.165) is 22.6 Å². The maximum atomic E-state index is 6.20. The summed E-state index contributed by atoms with van der Waals surface area (Å²) in [5.74, 6) is 1.81. The van der Waals surface area contributed by atoms with E-state index < -0.39 is 0 Å². The van der Waals surface area contributed by atoms with Gasteiger partial charge in [-0.1, -0.05) is 26.8 Å². The largest absolute Gasteiger partial charge is 0.490 e. The number of ether oxygens (including phenoxy) is 1. The molecule has 2 heteroatoms. The molecule has 1 aromatic carbocycles. The van der Waals surface area contributed by atoms with Gasteiger partial charge in [0.05, 0.1) is 11.6 Å². The highest BCUT2D eigenvalue weighted by Gasteiger charge is 2.30. The van der Waals surface area contributed by atoms with Crippen molar-refractivity contribution in [1.29, 1.82) is 0 Å². The first-order valence-corrected chi connectivity index (χ1v) is 8.04. The van der Waals surface area contributed by atoms with Crippen molar-refractivity contribution < 1.29 is 4.74 Å². The van der Waals surface area contributed by atoms with Crippen molar-refractivity contribution in [3.63, 3.8) is 0 Å². The van der Waals surface area contributed by atoms with Gasteiger partial charge in [0.2, 0.25) is 0 Å². The van der Waals surface area contributed by atoms with Gasteiger partial charge >= 0.3 is 0 Å². The molecule has 0 spiro atoms. The van der Waals surface area contributed by atoms with Crippen LogP contribution in [0, 0.1) is 11.3 Å². The molecule has 0 unspecified atom stereocenters. The van der Waals surface area contributed by atoms with E-state index in [2.05, 4.69) is 37.9 Å². The van der Waals surface area contributed by atoms with Gasteiger partial charge in [0, 0.05) is 11.6 Å². The zero-order valence-corrected chi connectivity index (χ0v) is 13.3. The van der Waals surface area contributed by atoms with Crippen LogP contribution in [-0.2, 0) is 0 Å². The van der Waals surface area contributed by atoms with Gasteiger partial charge in [-0.3, -0.25) is 4.98 Å². The van der Waals surface area contributed by atoms with Crippen LogP contribution in [0.5, 0.6) is 5.75 Å². The lowest BCUT2D eigenvalue weighted by molar-refractivity contribution is 0.0883. The first-order chi connectivity index (χ1) is 10.0. The normalized spacial score (nSPS) is 23.2. The molecule has 1 heterocycles. The van der Waals surface area contributed by atoms with Crippen molar-refractivity contribution in [3.05, 3.63) is 36.5 Å². The first kappa shape index (κ1) is 14.4. The summed E-state index contributed by atoms with van der Waals surface area (Å²) in [4.78, 5) is 4.35. The van der Waals surface area contributed by atoms with Crippen LogP contribution < -0.4 is 4.74 Å². The molecule has 1 saturated carbocycles. The number of hydrogen-bond acceptors (Lipinski definition) is 2. The molecule has 0 radical (unpaired) electrons. The van der Waals surface area contributed by atoms with Gasteiger partial charge in [-0.15, -0.1) is 0 Å². The molecule has 3 rings (SSSR count). The molecule has 1 aliphatic rings. The molecule has 0 saturated heterocycles. The van der Waals surface area contributed by atoms with E-state index in [4.69, 9.17) is 4.74 Å². The van der Waals surface area contributed by atoms with Gasteiger partial charge in [0.25, 0.3) is 0 Å². The monoisotopic (exact) mass is 283 g/mol. The Morgan fingerprint density at radius 2 is 1.81 bits per heavy atom. The molecule has 112 valence electrons. The molecule has 1 aromatic heterocycles. The predicted octanol–water partition coefficient (Wildman–Crippen LogP) is 5.22. The number of aromatic nitrogens is 1. The number of benzene rings is 1. The molecule has 0 aliphatic heterocycles. The van der Waals surface area contributed by atoms with E-state index in [0.29, 0.717) is 11.5 Å². The standard InChI is InChI=1S/C19H25NO/c1-19(2,3)15-6-8-16(9-7-15)21-17-10-11-18-14(13-17)5-4-12-20-18/h4-5,10-13,15-16H,6-9H2,1-3H3. The maximum absolute atomic E-state index is 6.20. The quantitative estimate of drug-likeness (QED) is 0.754. The Hall–Kier alpha value is -1.57. The van der Waals surface area contributed by atoms with Crippen LogP contribution in [0.2, 0.25) is 0 Å². The lowest BCUT2D eigenvalue weighted by Crippen LogP contribution is -2.30. The van der Waals surface area contributed by atoms with Gasteiger partial charge in [0.15, 0.2) is 0 Å². The van der Waals surface area contributed by atoms with Gasteiger partial charge in [-0.2, -0.15) is 0 Å². The third kappa shape index (κ3) is 3.37. The van der Waals surface area contributed by atoms with Crippen molar-refractivity contribution >= 4 is 10.9 Å². The first-order valence-electron chi connectivity index (χ1n) is 8.04. The highest BCUT2D eigenvalue weighted by molar-refractivity contribution is 5.79. The molecular weight excluding hydrogens is 258 g/mol. The number of fused-ring (bicyclic) bond motifs is 1. The lowest BCUT2D eigenvalue weighted by Gasteiger charge is -2.36. The summed E-state index contributed by atoms with van der Waals surface area (Å²) in [5.41, 5.74) is 1.46. The zero-order chi connectivity index (χ0) is 14.9. The summed E-state index contributed by atoms with van der Waals surface area (Å²) in [7, 11) is 0. The number of pyridine rings is 1. The molecular formula is C19H25NO. The lowest BCUT2D eigenvalue weighted by atomic mass is 9.72. The van der Waals surface area contributed by atoms with Crippen molar-refractivity contribution in [2.75, 3.05) is 0 Å². The molecule has 21 heavy (non-hydrogen) atoms. The average molecular weight is 283 g/mol. The maximum Gasteiger partial charge on any atom is 0.120 e. The summed E-state index contributed by atoms with van der Waals surface area (Å²) in [5, 5.41) is 1.15. The average Bonchev–Trinajstić information content (AvgIpc) is 2.47. The minimum atomic E-state index is 0.373. The Kier molecular flexibility index (Phi) is 3.88. The second kappa shape index (κ2) is 5.67. The summed E-state index contributed by atoms with van der Waals surface area (Å²) < 4.78 is 6.20. The molecule has 0 amide bonds. The summed E-state index contributed by atoms with van der Waals surface area (Å²) in [6.07, 6.45) is 7.11. The van der Waals surface area contributed by atoms with E-state index in [1.807, 2.05) is 24.4 Å². The smallest absolute Gasteiger partial charge is 0.120 e. The third-order valence-corrected chi connectivity index (χ3v) is 4.78. The fourth-order valence-corrected chi connectivity index (χ4v) is 3.37. The van der Waals surface area contributed by atoms with Crippen LogP contribution in [-0.4, -0.2) is 11.1 Å². The van der Waals surface area contributed by atoms with E-state index >= 15 is 0 Å². The van der Waals surface area contributed by atoms with Crippen LogP contribution in [0.4, 0.5) is 0 Å². The number of rotatable bonds is 2. The van der Waals surface area contributed by atoms with E-state index in [1.54, 1.807) is 0 Å². The second-order valence-corrected chi connectivity index (χ2v) is 7.32. The molecule has 2 nitrogen and oxygen atoms in total. The SMILES string of the molecule is CC(C)(C)C1CCC(Oc2ccc3ncccc3c2)CC1. The molecule has 1 fully saturated rings. The fraction of sp³-hybridized carbons (Fsp3) is 0.526. The number of nitrogens with zero attached hydrogens (tertiary/aromatic N) is 1. The molecule has 0 atom stereocenters. The fourth-order valence-electron chi connectivity index (χ4n) is 3.37. The van der Waals surface area contributed by atoms with Crippen molar-refractivity contribution in [2.24, 2.45) is 11.3 Å². The molecule has 1 aliphatic carbocycles. The summed E-state index contributed by atoms with van der Waals surface area (Å²) in [6, 6.07) is 10.3. The molecule has 2 aromatic rings. The topological polar surface area (TPSA) is 22.1 Å². The van der Waals surface area contributed by atoms with Crippen molar-refractivity contribution in [1.82, 2.24) is 4.98 Å². The van der Waals surface area contributed by atoms with Gasteiger partial charge in [-0.25, -0.2) is 0 Å². The third-order valence-electron chi connectivity index (χ3n) is 4.78. The second-order valence-electron chi connectivity index (χ2n) is 7.32. The van der Waals surface area contributed by atoms with Crippen LogP contribution >= 0.6 is 0 Å². The van der Waals surface area contributed by atoms with E-state index in [-0.39, 0.29) is 0 Å². The Morgan fingerprint density at radius 1 is 1.05 bits per heavy atom. The molecule has 0 N–H and O–H groups in total. The van der Waals surface area contributed by atoms with Crippen LogP contribution in [0.3, 0.4) is 0 Å². The van der Waals surface area contributed by atoms with E-state index in [1.165, 1.54) is 25.7 Å². The van der Waals surface area contributed by atoms with Crippen LogP contribution in [0.25, 0.3) is 10.9 Å². The Balaban J connectivity index is 1.64. The number of hydrogen-bond donors (Lipinski definition) is 0. The summed E-state index contributed by atoms with van der Waals surface area (Å²) >= 11 is 0. The van der Waals surface area contributed by atoms with Crippen LogP contribution in [0.15, 0.2) is 36.5 Å². The predicted molar refractivity (Wildman–Crippen MR) is 87.6 cm³/mol. The Morgan fingerprint density at radius 3 is 2.52 bits per heavy atom. The molecule has 0 bridgehead atoms.